The molecular weight excluding hydrogens is 265 g/mol. The zero-order valence-corrected chi connectivity index (χ0v) is 10.4. The van der Waals surface area contributed by atoms with Gasteiger partial charge in [0.25, 0.3) is 0 Å². The molecule has 0 N–H and O–H groups in total. The van der Waals surface area contributed by atoms with Crippen LogP contribution < -0.4 is 0 Å². The van der Waals surface area contributed by atoms with Crippen molar-refractivity contribution in [2.24, 2.45) is 0 Å². The first-order chi connectivity index (χ1) is 8.49. The Bertz CT molecular complexity index is 478. The zero-order chi connectivity index (χ0) is 13.7. The van der Waals surface area contributed by atoms with Gasteiger partial charge in [-0.3, -0.25) is 14.9 Å². The number of esters is 1. The summed E-state index contributed by atoms with van der Waals surface area (Å²) in [4.78, 5) is 21.1. The molecule has 0 aromatic heterocycles. The molecule has 0 fully saturated rings. The smallest absolute Gasteiger partial charge is 0.310 e. The Kier molecular flexibility index (Phi) is 5.03. The molecule has 5 nitrogen and oxygen atoms in total. The summed E-state index contributed by atoms with van der Waals surface area (Å²) in [6, 6.07) is 1.99. The first-order valence-electron chi connectivity index (χ1n) is 5.16. The fourth-order valence-electron chi connectivity index (χ4n) is 1.44. The summed E-state index contributed by atoms with van der Waals surface area (Å²) in [7, 11) is 0. The highest BCUT2D eigenvalue weighted by atomic mass is 35.5. The van der Waals surface area contributed by atoms with Crippen molar-refractivity contribution in [2.75, 3.05) is 6.61 Å². The Balaban J connectivity index is 3.11. The van der Waals surface area contributed by atoms with Crippen LogP contribution in [0.25, 0.3) is 0 Å². The zero-order valence-electron chi connectivity index (χ0n) is 9.61. The summed E-state index contributed by atoms with van der Waals surface area (Å²) in [6.07, 6.45) is -0.170. The van der Waals surface area contributed by atoms with Gasteiger partial charge in [0.2, 0.25) is 5.82 Å². The normalized spacial score (nSPS) is 10.2. The molecule has 0 aliphatic carbocycles. The monoisotopic (exact) mass is 275 g/mol. The summed E-state index contributed by atoms with van der Waals surface area (Å²) in [5, 5.41) is 10.6. The number of rotatable bonds is 5. The number of nitrogens with zero attached hydrogens (tertiary/aromatic N) is 1. The van der Waals surface area contributed by atoms with E-state index in [-0.39, 0.29) is 18.9 Å². The lowest BCUT2D eigenvalue weighted by atomic mass is 10.0. The van der Waals surface area contributed by atoms with Crippen LogP contribution in [-0.4, -0.2) is 17.5 Å². The van der Waals surface area contributed by atoms with Gasteiger partial charge in [-0.05, 0) is 24.1 Å². The summed E-state index contributed by atoms with van der Waals surface area (Å²) in [6.45, 7) is 1.85. The van der Waals surface area contributed by atoms with Crippen LogP contribution in [0.2, 0.25) is 0 Å². The van der Waals surface area contributed by atoms with Crippen molar-refractivity contribution in [3.05, 3.63) is 39.2 Å². The molecular formula is C11H11ClFNO4. The minimum Gasteiger partial charge on any atom is -0.466 e. The molecule has 1 aromatic rings. The Morgan fingerprint density at radius 3 is 2.67 bits per heavy atom. The average molecular weight is 276 g/mol. The van der Waals surface area contributed by atoms with E-state index in [1.807, 2.05) is 0 Å². The van der Waals surface area contributed by atoms with E-state index in [9.17, 15) is 19.3 Å². The summed E-state index contributed by atoms with van der Waals surface area (Å²) in [5.74, 6) is -1.54. The van der Waals surface area contributed by atoms with E-state index < -0.39 is 22.4 Å². The number of nitro groups is 1. The molecule has 98 valence electrons. The second-order valence-corrected chi connectivity index (χ2v) is 3.71. The SMILES string of the molecule is CCOC(=O)Cc1cc([N+](=O)[O-])c(F)cc1CCl. The third-order valence-corrected chi connectivity index (χ3v) is 2.54. The fourth-order valence-corrected chi connectivity index (χ4v) is 1.69. The van der Waals surface area contributed by atoms with E-state index in [2.05, 4.69) is 0 Å². The Morgan fingerprint density at radius 2 is 2.17 bits per heavy atom. The molecule has 0 aliphatic heterocycles. The van der Waals surface area contributed by atoms with Crippen LogP contribution in [0.4, 0.5) is 10.1 Å². The lowest BCUT2D eigenvalue weighted by molar-refractivity contribution is -0.387. The van der Waals surface area contributed by atoms with Crippen molar-refractivity contribution in [1.82, 2.24) is 0 Å². The highest BCUT2D eigenvalue weighted by molar-refractivity contribution is 6.17. The number of alkyl halides is 1. The quantitative estimate of drug-likeness (QED) is 0.358. The maximum atomic E-state index is 13.3. The van der Waals surface area contributed by atoms with Gasteiger partial charge < -0.3 is 4.74 Å². The van der Waals surface area contributed by atoms with Crippen LogP contribution in [0.3, 0.4) is 0 Å². The molecule has 0 unspecified atom stereocenters. The van der Waals surface area contributed by atoms with Crippen molar-refractivity contribution >= 4 is 23.3 Å². The first kappa shape index (κ1) is 14.4. The molecule has 0 saturated heterocycles. The molecule has 0 bridgehead atoms. The van der Waals surface area contributed by atoms with Crippen LogP contribution in [-0.2, 0) is 21.8 Å². The van der Waals surface area contributed by atoms with Gasteiger partial charge in [0, 0.05) is 11.9 Å². The molecule has 1 aromatic carbocycles. The summed E-state index contributed by atoms with van der Waals surface area (Å²) < 4.78 is 18.1. The predicted molar refractivity (Wildman–Crippen MR) is 62.9 cm³/mol. The average Bonchev–Trinajstić information content (AvgIpc) is 2.30. The van der Waals surface area contributed by atoms with Gasteiger partial charge in [-0.2, -0.15) is 4.39 Å². The number of benzene rings is 1. The molecule has 0 atom stereocenters. The molecule has 0 saturated carbocycles. The maximum Gasteiger partial charge on any atom is 0.310 e. The third kappa shape index (κ3) is 3.40. The van der Waals surface area contributed by atoms with E-state index in [0.717, 1.165) is 12.1 Å². The highest BCUT2D eigenvalue weighted by Gasteiger charge is 2.19. The Labute approximate surface area is 108 Å². The van der Waals surface area contributed by atoms with Crippen molar-refractivity contribution in [3.63, 3.8) is 0 Å². The second kappa shape index (κ2) is 6.30. The number of halogens is 2. The van der Waals surface area contributed by atoms with Crippen LogP contribution in [0.1, 0.15) is 18.1 Å². The van der Waals surface area contributed by atoms with Crippen molar-refractivity contribution in [2.45, 2.75) is 19.2 Å². The van der Waals surface area contributed by atoms with Gasteiger partial charge in [-0.15, -0.1) is 11.6 Å². The standard InChI is InChI=1S/C11H11ClFNO4/c1-2-18-11(15)5-7-4-10(14(16)17)9(13)3-8(7)6-12/h3-4H,2,5-6H2,1H3. The number of ether oxygens (including phenoxy) is 1. The largest absolute Gasteiger partial charge is 0.466 e. The summed E-state index contributed by atoms with van der Waals surface area (Å²) in [5.41, 5.74) is -0.0347. The van der Waals surface area contributed by atoms with Crippen molar-refractivity contribution in [3.8, 4) is 0 Å². The number of carbonyl (C=O) groups is 1. The van der Waals surface area contributed by atoms with Gasteiger partial charge in [0.15, 0.2) is 0 Å². The molecule has 0 heterocycles. The molecule has 0 spiro atoms. The lowest BCUT2D eigenvalue weighted by Gasteiger charge is -2.07. The topological polar surface area (TPSA) is 69.4 Å². The van der Waals surface area contributed by atoms with Crippen LogP contribution in [0, 0.1) is 15.9 Å². The van der Waals surface area contributed by atoms with E-state index in [1.54, 1.807) is 6.92 Å². The Morgan fingerprint density at radius 1 is 1.50 bits per heavy atom. The second-order valence-electron chi connectivity index (χ2n) is 3.44. The lowest BCUT2D eigenvalue weighted by Crippen LogP contribution is -2.10. The minimum absolute atomic E-state index is 0.0380. The van der Waals surface area contributed by atoms with Gasteiger partial charge in [-0.25, -0.2) is 0 Å². The van der Waals surface area contributed by atoms with Crippen LogP contribution >= 0.6 is 11.6 Å². The summed E-state index contributed by atoms with van der Waals surface area (Å²) >= 11 is 5.61. The van der Waals surface area contributed by atoms with Crippen molar-refractivity contribution < 1.29 is 18.8 Å². The van der Waals surface area contributed by atoms with Gasteiger partial charge in [0.1, 0.15) is 0 Å². The molecule has 1 rings (SSSR count). The number of nitro benzene ring substituents is 1. The highest BCUT2D eigenvalue weighted by Crippen LogP contribution is 2.24. The first-order valence-corrected chi connectivity index (χ1v) is 5.70. The number of carbonyl (C=O) groups excluding carboxylic acids is 1. The number of hydrogen-bond acceptors (Lipinski definition) is 4. The van der Waals surface area contributed by atoms with Gasteiger partial charge in [-0.1, -0.05) is 0 Å². The van der Waals surface area contributed by atoms with Crippen LogP contribution in [0.15, 0.2) is 12.1 Å². The number of hydrogen-bond donors (Lipinski definition) is 0. The Hall–Kier alpha value is -1.69. The fraction of sp³-hybridized carbons (Fsp3) is 0.364. The van der Waals surface area contributed by atoms with Gasteiger partial charge in [0.05, 0.1) is 18.0 Å². The van der Waals surface area contributed by atoms with E-state index in [0.29, 0.717) is 11.1 Å². The van der Waals surface area contributed by atoms with E-state index in [4.69, 9.17) is 16.3 Å². The van der Waals surface area contributed by atoms with E-state index in [1.165, 1.54) is 0 Å². The molecule has 0 aliphatic rings. The van der Waals surface area contributed by atoms with E-state index >= 15 is 0 Å². The minimum atomic E-state index is -0.969. The van der Waals surface area contributed by atoms with Crippen molar-refractivity contribution in [1.29, 1.82) is 0 Å². The molecule has 18 heavy (non-hydrogen) atoms. The molecule has 0 radical (unpaired) electrons. The van der Waals surface area contributed by atoms with Gasteiger partial charge >= 0.3 is 11.7 Å². The van der Waals surface area contributed by atoms with Crippen LogP contribution in [0.5, 0.6) is 0 Å². The third-order valence-electron chi connectivity index (χ3n) is 2.25. The maximum absolute atomic E-state index is 13.3. The molecule has 7 heteroatoms. The molecule has 0 amide bonds. The predicted octanol–water partition coefficient (Wildman–Crippen LogP) is 2.58.